The Morgan fingerprint density at radius 3 is 2.81 bits per heavy atom. The van der Waals surface area contributed by atoms with Crippen LogP contribution in [0.1, 0.15) is 74.9 Å². The van der Waals surface area contributed by atoms with E-state index in [0.29, 0.717) is 23.3 Å². The number of hydrogen-bond acceptors (Lipinski definition) is 8. The molecule has 9 heteroatoms. The van der Waals surface area contributed by atoms with Gasteiger partial charge in [0.05, 0.1) is 17.0 Å². The number of oxazole rings is 1. The third-order valence-corrected chi connectivity index (χ3v) is 6.89. The van der Waals surface area contributed by atoms with Crippen LogP contribution in [0.25, 0.3) is 10.8 Å². The van der Waals surface area contributed by atoms with Gasteiger partial charge >= 0.3 is 0 Å². The fourth-order valence-electron chi connectivity index (χ4n) is 4.45. The minimum Gasteiger partial charge on any atom is -0.444 e. The van der Waals surface area contributed by atoms with Gasteiger partial charge in [-0.25, -0.2) is 4.98 Å². The quantitative estimate of drug-likeness (QED) is 0.559. The summed E-state index contributed by atoms with van der Waals surface area (Å²) in [5.74, 6) is 1.51. The first-order valence-electron chi connectivity index (χ1n) is 11.0. The molecule has 0 unspecified atom stereocenters. The van der Waals surface area contributed by atoms with Crippen molar-refractivity contribution in [3.05, 3.63) is 41.2 Å². The van der Waals surface area contributed by atoms with Gasteiger partial charge in [0.15, 0.2) is 5.82 Å². The van der Waals surface area contributed by atoms with Crippen LogP contribution in [0.15, 0.2) is 32.7 Å². The highest BCUT2D eigenvalue weighted by Crippen LogP contribution is 2.36. The maximum atomic E-state index is 13.0. The Hall–Kier alpha value is -2.52. The van der Waals surface area contributed by atoms with Crippen LogP contribution >= 0.6 is 11.3 Å². The minimum atomic E-state index is -0.617. The fourth-order valence-corrected chi connectivity index (χ4v) is 5.10. The van der Waals surface area contributed by atoms with Crippen LogP contribution in [0, 0.1) is 0 Å². The number of nitrogens with zero attached hydrogens (tertiary/aromatic N) is 3. The van der Waals surface area contributed by atoms with E-state index in [2.05, 4.69) is 20.4 Å². The molecule has 0 radical (unpaired) electrons. The largest absolute Gasteiger partial charge is 0.444 e. The molecule has 4 heterocycles. The molecule has 1 saturated carbocycles. The number of ether oxygens (including phenoxy) is 1. The van der Waals surface area contributed by atoms with Crippen LogP contribution in [-0.2, 0) is 21.5 Å². The summed E-state index contributed by atoms with van der Waals surface area (Å²) in [5, 5.41) is 9.49. The Labute approximate surface area is 184 Å². The van der Waals surface area contributed by atoms with Gasteiger partial charge in [0, 0.05) is 6.61 Å². The predicted molar refractivity (Wildman–Crippen MR) is 113 cm³/mol. The molecule has 1 aliphatic carbocycles. The van der Waals surface area contributed by atoms with Crippen LogP contribution in [0.2, 0.25) is 0 Å². The fraction of sp³-hybridized carbons (Fsp3) is 0.545. The molecular formula is C22H26N4O4S. The molecule has 2 fully saturated rings. The first-order valence-corrected chi connectivity index (χ1v) is 11.8. The van der Waals surface area contributed by atoms with Crippen LogP contribution in [0.4, 0.5) is 0 Å². The molecule has 1 atom stereocenters. The molecule has 164 valence electrons. The normalized spacial score (nSPS) is 21.1. The average molecular weight is 443 g/mol. The second kappa shape index (κ2) is 8.92. The molecule has 1 amide bonds. The Balaban J connectivity index is 1.33. The Kier molecular flexibility index (Phi) is 5.87. The summed E-state index contributed by atoms with van der Waals surface area (Å²) in [6.07, 6.45) is 9.34. The second-order valence-electron chi connectivity index (χ2n) is 8.30. The predicted octanol–water partition coefficient (Wildman–Crippen LogP) is 4.55. The molecule has 5 rings (SSSR count). The molecule has 2 aliphatic rings. The molecule has 3 aromatic rings. The molecule has 3 aromatic heterocycles. The van der Waals surface area contributed by atoms with Crippen molar-refractivity contribution < 1.29 is 18.5 Å². The molecule has 1 saturated heterocycles. The number of carbonyl (C=O) groups excluding carboxylic acids is 1. The van der Waals surface area contributed by atoms with E-state index in [-0.39, 0.29) is 18.4 Å². The topological polar surface area (TPSA) is 103 Å². The molecule has 0 spiro atoms. The van der Waals surface area contributed by atoms with E-state index >= 15 is 0 Å². The summed E-state index contributed by atoms with van der Waals surface area (Å²) in [5.41, 5.74) is -0.00771. The zero-order chi connectivity index (χ0) is 21.1. The molecule has 1 N–H and O–H groups in total. The zero-order valence-electron chi connectivity index (χ0n) is 17.3. The lowest BCUT2D eigenvalue weighted by Gasteiger charge is -2.30. The summed E-state index contributed by atoms with van der Waals surface area (Å²) in [6, 6.07) is 3.89. The standard InChI is InChI=1S/C22H26N4O4S/c27-18(13-15-14-29-20(23-15)17-8-6-12-31-17)25-22(9-3-1-2-4-10-22)21-24-19(30-26-21)16-7-5-11-28-16/h6,8,12,14,16H,1-5,7,9-11,13H2,(H,25,27)/t16-/m1/s1. The Morgan fingerprint density at radius 2 is 2.06 bits per heavy atom. The van der Waals surface area contributed by atoms with Crippen molar-refractivity contribution in [1.82, 2.24) is 20.4 Å². The average Bonchev–Trinajstić information content (AvgIpc) is 3.55. The molecule has 8 nitrogen and oxygen atoms in total. The van der Waals surface area contributed by atoms with Crippen molar-refractivity contribution in [2.75, 3.05) is 6.61 Å². The first-order chi connectivity index (χ1) is 15.2. The van der Waals surface area contributed by atoms with E-state index in [9.17, 15) is 4.79 Å². The molecule has 0 bridgehead atoms. The summed E-state index contributed by atoms with van der Waals surface area (Å²) < 4.78 is 16.8. The number of amides is 1. The van der Waals surface area contributed by atoms with Crippen molar-refractivity contribution >= 4 is 17.2 Å². The van der Waals surface area contributed by atoms with Crippen LogP contribution < -0.4 is 5.32 Å². The Bertz CT molecular complexity index is 999. The SMILES string of the molecule is O=C(Cc1coc(-c2cccs2)n1)NC1(c2noc([C@H]3CCCO3)n2)CCCCCC1. The lowest BCUT2D eigenvalue weighted by atomic mass is 9.89. The molecule has 31 heavy (non-hydrogen) atoms. The number of aromatic nitrogens is 3. The van der Waals surface area contributed by atoms with Gasteiger partial charge in [0.1, 0.15) is 17.9 Å². The Morgan fingerprint density at radius 1 is 1.19 bits per heavy atom. The van der Waals surface area contributed by atoms with Crippen molar-refractivity contribution in [1.29, 1.82) is 0 Å². The number of rotatable bonds is 6. The maximum absolute atomic E-state index is 13.0. The summed E-state index contributed by atoms with van der Waals surface area (Å²) in [7, 11) is 0. The van der Waals surface area contributed by atoms with E-state index in [1.165, 1.54) is 0 Å². The minimum absolute atomic E-state index is 0.114. The van der Waals surface area contributed by atoms with Crippen molar-refractivity contribution in [3.8, 4) is 10.8 Å². The molecule has 0 aromatic carbocycles. The number of thiophene rings is 1. The highest BCUT2D eigenvalue weighted by Gasteiger charge is 2.40. The summed E-state index contributed by atoms with van der Waals surface area (Å²) in [4.78, 5) is 23.1. The van der Waals surface area contributed by atoms with Gasteiger partial charge < -0.3 is 19.0 Å². The third-order valence-electron chi connectivity index (χ3n) is 6.04. The molecule has 1 aliphatic heterocycles. The number of nitrogens with one attached hydrogen (secondary N) is 1. The van der Waals surface area contributed by atoms with Gasteiger partial charge in [-0.3, -0.25) is 4.79 Å². The maximum Gasteiger partial charge on any atom is 0.255 e. The number of carbonyl (C=O) groups is 1. The van der Waals surface area contributed by atoms with Gasteiger partial charge in [-0.15, -0.1) is 11.3 Å². The van der Waals surface area contributed by atoms with Gasteiger partial charge in [0.2, 0.25) is 11.8 Å². The number of hydrogen-bond donors (Lipinski definition) is 1. The zero-order valence-corrected chi connectivity index (χ0v) is 18.2. The van der Waals surface area contributed by atoms with Gasteiger partial charge in [-0.05, 0) is 37.1 Å². The van der Waals surface area contributed by atoms with Crippen molar-refractivity contribution in [2.45, 2.75) is 69.4 Å². The highest BCUT2D eigenvalue weighted by atomic mass is 32.1. The van der Waals surface area contributed by atoms with Crippen LogP contribution in [0.5, 0.6) is 0 Å². The summed E-state index contributed by atoms with van der Waals surface area (Å²) >= 11 is 1.55. The lowest BCUT2D eigenvalue weighted by Crippen LogP contribution is -2.47. The van der Waals surface area contributed by atoms with E-state index < -0.39 is 5.54 Å². The summed E-state index contributed by atoms with van der Waals surface area (Å²) in [6.45, 7) is 0.718. The lowest BCUT2D eigenvalue weighted by molar-refractivity contribution is -0.122. The van der Waals surface area contributed by atoms with Crippen molar-refractivity contribution in [3.63, 3.8) is 0 Å². The van der Waals surface area contributed by atoms with Gasteiger partial charge in [-0.2, -0.15) is 4.98 Å². The second-order valence-corrected chi connectivity index (χ2v) is 9.25. The first kappa shape index (κ1) is 20.4. The molecular weight excluding hydrogens is 416 g/mol. The van der Waals surface area contributed by atoms with Crippen LogP contribution in [0.3, 0.4) is 0 Å². The highest BCUT2D eigenvalue weighted by molar-refractivity contribution is 7.13. The van der Waals surface area contributed by atoms with Gasteiger partial charge in [-0.1, -0.05) is 36.9 Å². The smallest absolute Gasteiger partial charge is 0.255 e. The van der Waals surface area contributed by atoms with E-state index in [4.69, 9.17) is 13.7 Å². The van der Waals surface area contributed by atoms with E-state index in [0.717, 1.165) is 62.9 Å². The van der Waals surface area contributed by atoms with Crippen LogP contribution in [-0.4, -0.2) is 27.6 Å². The van der Waals surface area contributed by atoms with Gasteiger partial charge in [0.25, 0.3) is 5.89 Å². The van der Waals surface area contributed by atoms with E-state index in [1.807, 2.05) is 17.5 Å². The van der Waals surface area contributed by atoms with Crippen molar-refractivity contribution in [2.24, 2.45) is 0 Å². The van der Waals surface area contributed by atoms with E-state index in [1.54, 1.807) is 17.6 Å². The monoisotopic (exact) mass is 442 g/mol. The third kappa shape index (κ3) is 4.43.